The van der Waals surface area contributed by atoms with Crippen LogP contribution in [0.5, 0.6) is 0 Å². The van der Waals surface area contributed by atoms with Crippen LogP contribution in [0.3, 0.4) is 0 Å². The van der Waals surface area contributed by atoms with Crippen molar-refractivity contribution in [1.29, 1.82) is 5.26 Å². The van der Waals surface area contributed by atoms with E-state index >= 15 is 0 Å². The largest absolute Gasteiger partial charge is 0.361 e. The molecule has 2 aromatic heterocycles. The number of halogens is 1. The molecule has 1 atom stereocenters. The van der Waals surface area contributed by atoms with Crippen LogP contribution in [0.25, 0.3) is 10.9 Å². The summed E-state index contributed by atoms with van der Waals surface area (Å²) in [7, 11) is 1.02. The van der Waals surface area contributed by atoms with E-state index in [1.54, 1.807) is 6.20 Å². The number of hydrogen-bond acceptors (Lipinski definition) is 4. The molecular weight excluding hydrogens is 408 g/mol. The number of rotatable bonds is 6. The Bertz CT molecular complexity index is 837. The fourth-order valence-electron chi connectivity index (χ4n) is 3.63. The fraction of sp³-hybridized carbons (Fsp3) is 0.579. The van der Waals surface area contributed by atoms with Crippen molar-refractivity contribution in [3.05, 3.63) is 28.1 Å². The van der Waals surface area contributed by atoms with E-state index in [1.165, 1.54) is 0 Å². The molecule has 5 nitrogen and oxygen atoms in total. The molecule has 0 amide bonds. The second-order valence-electron chi connectivity index (χ2n) is 8.31. The quantitative estimate of drug-likeness (QED) is 0.373. The van der Waals surface area contributed by atoms with E-state index in [4.69, 9.17) is 4.74 Å². The Kier molecular flexibility index (Phi) is 5.87. The third-order valence-electron chi connectivity index (χ3n) is 5.12. The lowest BCUT2D eigenvalue weighted by atomic mass is 10.1. The molecule has 2 aromatic rings. The van der Waals surface area contributed by atoms with Crippen LogP contribution in [-0.4, -0.2) is 42.7 Å². The molecule has 0 aliphatic carbocycles. The molecule has 0 unspecified atom stereocenters. The number of ether oxygens (including phenoxy) is 1. The Hall–Kier alpha value is -1.20. The lowest BCUT2D eigenvalue weighted by molar-refractivity contribution is 0.0856. The Morgan fingerprint density at radius 1 is 1.42 bits per heavy atom. The van der Waals surface area contributed by atoms with Gasteiger partial charge in [-0.15, -0.1) is 0 Å². The molecule has 0 aromatic carbocycles. The highest BCUT2D eigenvalue weighted by Crippen LogP contribution is 2.38. The van der Waals surface area contributed by atoms with Gasteiger partial charge in [0.15, 0.2) is 0 Å². The van der Waals surface area contributed by atoms with Crippen LogP contribution in [0.4, 0.5) is 0 Å². The smallest absolute Gasteiger partial charge is 0.123 e. The van der Waals surface area contributed by atoms with Crippen LogP contribution in [-0.2, 0) is 11.5 Å². The zero-order valence-electron chi connectivity index (χ0n) is 16.0. The Morgan fingerprint density at radius 2 is 2.19 bits per heavy atom. The van der Waals surface area contributed by atoms with Gasteiger partial charge in [0.05, 0.1) is 22.8 Å². The number of nitrogens with zero attached hydrogens (tertiary/aromatic N) is 4. The summed E-state index contributed by atoms with van der Waals surface area (Å²) in [6.45, 7) is 9.39. The van der Waals surface area contributed by atoms with E-state index < -0.39 is 8.07 Å². The first-order valence-electron chi connectivity index (χ1n) is 9.17. The van der Waals surface area contributed by atoms with Crippen molar-refractivity contribution in [3.63, 3.8) is 0 Å². The van der Waals surface area contributed by atoms with Crippen molar-refractivity contribution < 1.29 is 4.74 Å². The van der Waals surface area contributed by atoms with Crippen molar-refractivity contribution in [2.75, 3.05) is 20.2 Å². The van der Waals surface area contributed by atoms with Crippen molar-refractivity contribution in [1.82, 2.24) is 14.5 Å². The Balaban J connectivity index is 2.00. The van der Waals surface area contributed by atoms with Gasteiger partial charge in [0, 0.05) is 26.3 Å². The predicted molar refractivity (Wildman–Crippen MR) is 111 cm³/mol. The van der Waals surface area contributed by atoms with E-state index in [0.29, 0.717) is 6.73 Å². The average Bonchev–Trinajstić information content (AvgIpc) is 3.11. The summed E-state index contributed by atoms with van der Waals surface area (Å²) in [5.74, 6) is 0. The Labute approximate surface area is 165 Å². The summed E-state index contributed by atoms with van der Waals surface area (Å²) in [6, 6.07) is 5.84. The normalized spacial score (nSPS) is 18.5. The minimum atomic E-state index is -1.12. The number of likely N-dealkylation sites (tertiary alicyclic amines) is 1. The molecule has 0 N–H and O–H groups in total. The molecule has 3 rings (SSSR count). The number of pyridine rings is 1. The van der Waals surface area contributed by atoms with Crippen LogP contribution in [0.1, 0.15) is 30.1 Å². The molecule has 3 heterocycles. The van der Waals surface area contributed by atoms with Crippen LogP contribution in [0.2, 0.25) is 25.7 Å². The van der Waals surface area contributed by atoms with E-state index in [9.17, 15) is 5.26 Å². The number of aromatic nitrogens is 2. The first-order valence-corrected chi connectivity index (χ1v) is 13.7. The van der Waals surface area contributed by atoms with Crippen molar-refractivity contribution in [2.24, 2.45) is 0 Å². The SMILES string of the molecule is CN1CCC[C@@H]1c1c(C#N)c2cnc(Br)cc2n1COCC[Si](C)(C)C. The molecule has 1 fully saturated rings. The second-order valence-corrected chi connectivity index (χ2v) is 14.7. The summed E-state index contributed by atoms with van der Waals surface area (Å²) in [5.41, 5.74) is 2.84. The number of fused-ring (bicyclic) bond motifs is 1. The van der Waals surface area contributed by atoms with Crippen LogP contribution in [0.15, 0.2) is 16.9 Å². The van der Waals surface area contributed by atoms with Crippen LogP contribution >= 0.6 is 15.9 Å². The molecule has 1 aliphatic heterocycles. The molecule has 1 saturated heterocycles. The highest BCUT2D eigenvalue weighted by molar-refractivity contribution is 9.10. The molecule has 1 aliphatic rings. The monoisotopic (exact) mass is 434 g/mol. The van der Waals surface area contributed by atoms with Gasteiger partial charge in [-0.1, -0.05) is 19.6 Å². The Morgan fingerprint density at radius 3 is 2.81 bits per heavy atom. The first kappa shape index (κ1) is 19.6. The zero-order valence-corrected chi connectivity index (χ0v) is 18.6. The maximum atomic E-state index is 9.87. The number of hydrogen-bond donors (Lipinski definition) is 0. The maximum absolute atomic E-state index is 9.87. The van der Waals surface area contributed by atoms with E-state index in [1.807, 2.05) is 6.07 Å². The third-order valence-corrected chi connectivity index (χ3v) is 7.26. The van der Waals surface area contributed by atoms with Crippen molar-refractivity contribution in [3.8, 4) is 6.07 Å². The van der Waals surface area contributed by atoms with Gasteiger partial charge < -0.3 is 9.30 Å². The topological polar surface area (TPSA) is 54.1 Å². The minimum absolute atomic E-state index is 0.261. The van der Waals surface area contributed by atoms with Gasteiger partial charge in [-0.2, -0.15) is 5.26 Å². The fourth-order valence-corrected chi connectivity index (χ4v) is 4.71. The first-order chi connectivity index (χ1) is 12.3. The molecule has 26 heavy (non-hydrogen) atoms. The highest BCUT2D eigenvalue weighted by Gasteiger charge is 2.30. The lowest BCUT2D eigenvalue weighted by Crippen LogP contribution is -2.23. The molecule has 7 heteroatoms. The number of nitriles is 1. The minimum Gasteiger partial charge on any atom is -0.361 e. The lowest BCUT2D eigenvalue weighted by Gasteiger charge is -2.23. The van der Waals surface area contributed by atoms with Gasteiger partial charge in [0.1, 0.15) is 17.4 Å². The van der Waals surface area contributed by atoms with Gasteiger partial charge in [-0.25, -0.2) is 4.98 Å². The standard InChI is InChI=1S/C19H27BrN4OSi/c1-23-7-5-6-16(23)19-14(11-21)15-12-22-18(20)10-17(15)24(19)13-25-8-9-26(2,3)4/h10,12,16H,5-9,13H2,1-4H3/t16-/m1/s1. The van der Waals surface area contributed by atoms with E-state index in [0.717, 1.165) is 58.8 Å². The summed E-state index contributed by atoms with van der Waals surface area (Å²) in [4.78, 5) is 6.69. The molecular formula is C19H27BrN4OSi. The molecule has 0 radical (unpaired) electrons. The van der Waals surface area contributed by atoms with E-state index in [-0.39, 0.29) is 6.04 Å². The second kappa shape index (κ2) is 7.81. The van der Waals surface area contributed by atoms with Crippen LogP contribution < -0.4 is 0 Å². The van der Waals surface area contributed by atoms with Crippen molar-refractivity contribution >= 4 is 34.9 Å². The maximum Gasteiger partial charge on any atom is 0.123 e. The zero-order chi connectivity index (χ0) is 18.9. The van der Waals surface area contributed by atoms with Gasteiger partial charge in [0.25, 0.3) is 0 Å². The third kappa shape index (κ3) is 4.04. The molecule has 140 valence electrons. The molecule has 0 saturated carbocycles. The molecule has 0 bridgehead atoms. The highest BCUT2D eigenvalue weighted by atomic mass is 79.9. The van der Waals surface area contributed by atoms with Gasteiger partial charge >= 0.3 is 0 Å². The van der Waals surface area contributed by atoms with Gasteiger partial charge in [-0.05, 0) is 54.5 Å². The predicted octanol–water partition coefficient (Wildman–Crippen LogP) is 4.75. The summed E-state index contributed by atoms with van der Waals surface area (Å²) >= 11 is 3.47. The average molecular weight is 435 g/mol. The molecule has 0 spiro atoms. The van der Waals surface area contributed by atoms with Crippen LogP contribution in [0, 0.1) is 11.3 Å². The summed E-state index contributed by atoms with van der Waals surface area (Å²) in [5, 5.41) is 10.8. The summed E-state index contributed by atoms with van der Waals surface area (Å²) in [6.07, 6.45) is 4.03. The summed E-state index contributed by atoms with van der Waals surface area (Å²) < 4.78 is 9.04. The van der Waals surface area contributed by atoms with Gasteiger partial charge in [-0.3, -0.25) is 4.90 Å². The van der Waals surface area contributed by atoms with Crippen molar-refractivity contribution in [2.45, 2.75) is 51.3 Å². The van der Waals surface area contributed by atoms with E-state index in [2.05, 4.69) is 63.1 Å². The van der Waals surface area contributed by atoms with Gasteiger partial charge in [0.2, 0.25) is 0 Å².